The van der Waals surface area contributed by atoms with Crippen molar-refractivity contribution in [3.05, 3.63) is 0 Å². The van der Waals surface area contributed by atoms with E-state index in [4.69, 9.17) is 0 Å². The lowest BCUT2D eigenvalue weighted by Gasteiger charge is -2.15. The van der Waals surface area contributed by atoms with Crippen LogP contribution in [0.25, 0.3) is 0 Å². The highest BCUT2D eigenvalue weighted by atomic mass is 16.1. The number of Topliss-reactive ketones (excluding diaryl/α,β-unsaturated/α-hetero) is 1. The third-order valence-corrected chi connectivity index (χ3v) is 4.02. The van der Waals surface area contributed by atoms with Crippen molar-refractivity contribution in [2.24, 2.45) is 11.3 Å². The van der Waals surface area contributed by atoms with Gasteiger partial charge in [0, 0.05) is 12.3 Å². The normalized spacial score (nSPS) is 26.9. The average molecular weight is 194 g/mol. The number of hydrogen-bond donors (Lipinski definition) is 0. The highest BCUT2D eigenvalue weighted by molar-refractivity contribution is 5.82. The lowest BCUT2D eigenvalue weighted by Crippen LogP contribution is -2.17. The zero-order valence-corrected chi connectivity index (χ0v) is 9.35. The van der Waals surface area contributed by atoms with Crippen molar-refractivity contribution in [1.29, 1.82) is 0 Å². The van der Waals surface area contributed by atoms with Crippen LogP contribution in [-0.4, -0.2) is 5.78 Å². The molecule has 0 radical (unpaired) electrons. The molecule has 80 valence electrons. The summed E-state index contributed by atoms with van der Waals surface area (Å²) in [6, 6.07) is 0. The molecule has 2 aliphatic rings. The molecule has 0 aromatic carbocycles. The van der Waals surface area contributed by atoms with E-state index in [1.54, 1.807) is 0 Å². The van der Waals surface area contributed by atoms with Crippen molar-refractivity contribution < 1.29 is 4.79 Å². The van der Waals surface area contributed by atoms with Gasteiger partial charge in [0.2, 0.25) is 0 Å². The van der Waals surface area contributed by atoms with Gasteiger partial charge in [0.05, 0.1) is 0 Å². The molecule has 2 saturated carbocycles. The molecule has 2 aliphatic carbocycles. The first-order valence-electron chi connectivity index (χ1n) is 6.22. The zero-order chi connectivity index (χ0) is 10.0. The summed E-state index contributed by atoms with van der Waals surface area (Å²) in [4.78, 5) is 12.0. The van der Waals surface area contributed by atoms with Crippen molar-refractivity contribution in [2.75, 3.05) is 0 Å². The summed E-state index contributed by atoms with van der Waals surface area (Å²) in [5.74, 6) is 1.00. The minimum Gasteiger partial charge on any atom is -0.299 e. The van der Waals surface area contributed by atoms with Gasteiger partial charge in [0.25, 0.3) is 0 Å². The topological polar surface area (TPSA) is 17.1 Å². The van der Waals surface area contributed by atoms with E-state index < -0.39 is 0 Å². The molecule has 0 unspecified atom stereocenters. The Hall–Kier alpha value is -0.330. The van der Waals surface area contributed by atoms with E-state index in [0.29, 0.717) is 17.1 Å². The Kier molecular flexibility index (Phi) is 2.94. The predicted molar refractivity (Wildman–Crippen MR) is 58.2 cm³/mol. The van der Waals surface area contributed by atoms with Crippen molar-refractivity contribution in [2.45, 2.75) is 64.7 Å². The molecule has 0 N–H and O–H groups in total. The van der Waals surface area contributed by atoms with Gasteiger partial charge in [0.15, 0.2) is 0 Å². The smallest absolute Gasteiger partial charge is 0.136 e. The van der Waals surface area contributed by atoms with Crippen LogP contribution in [0.3, 0.4) is 0 Å². The molecule has 0 atom stereocenters. The maximum atomic E-state index is 12.0. The summed E-state index contributed by atoms with van der Waals surface area (Å²) in [6.45, 7) is 2.27. The summed E-state index contributed by atoms with van der Waals surface area (Å²) in [5, 5.41) is 0. The van der Waals surface area contributed by atoms with Crippen LogP contribution in [0, 0.1) is 11.3 Å². The first kappa shape index (κ1) is 10.2. The monoisotopic (exact) mass is 194 g/mol. The summed E-state index contributed by atoms with van der Waals surface area (Å²) < 4.78 is 0. The zero-order valence-electron chi connectivity index (χ0n) is 9.35. The third kappa shape index (κ3) is 2.59. The molecule has 0 heterocycles. The van der Waals surface area contributed by atoms with Crippen LogP contribution in [0.5, 0.6) is 0 Å². The van der Waals surface area contributed by atoms with Crippen LogP contribution in [0.15, 0.2) is 0 Å². The van der Waals surface area contributed by atoms with Crippen molar-refractivity contribution in [1.82, 2.24) is 0 Å². The second kappa shape index (κ2) is 4.04. The molecule has 0 amide bonds. The SMILES string of the molecule is CC1(CC(=O)C2CCCCCC2)CC1. The highest BCUT2D eigenvalue weighted by Crippen LogP contribution is 2.49. The summed E-state index contributed by atoms with van der Waals surface area (Å²) in [7, 11) is 0. The van der Waals surface area contributed by atoms with E-state index in [-0.39, 0.29) is 0 Å². The van der Waals surface area contributed by atoms with Gasteiger partial charge in [-0.05, 0) is 31.1 Å². The molecular weight excluding hydrogens is 172 g/mol. The number of hydrogen-bond acceptors (Lipinski definition) is 1. The molecule has 2 rings (SSSR count). The van der Waals surface area contributed by atoms with Gasteiger partial charge in [-0.15, -0.1) is 0 Å². The average Bonchev–Trinajstić information content (AvgIpc) is 2.89. The molecule has 0 aromatic heterocycles. The first-order chi connectivity index (χ1) is 6.70. The molecule has 0 spiro atoms. The van der Waals surface area contributed by atoms with Crippen LogP contribution in [0.2, 0.25) is 0 Å². The van der Waals surface area contributed by atoms with E-state index in [1.165, 1.54) is 51.4 Å². The van der Waals surface area contributed by atoms with Crippen LogP contribution in [-0.2, 0) is 4.79 Å². The Morgan fingerprint density at radius 1 is 1.14 bits per heavy atom. The van der Waals surface area contributed by atoms with Crippen LogP contribution < -0.4 is 0 Å². The van der Waals surface area contributed by atoms with Crippen LogP contribution in [0.4, 0.5) is 0 Å². The third-order valence-electron chi connectivity index (χ3n) is 4.02. The van der Waals surface area contributed by atoms with Gasteiger partial charge in [-0.3, -0.25) is 4.79 Å². The number of carbonyl (C=O) groups excluding carboxylic acids is 1. The molecule has 0 saturated heterocycles. The maximum Gasteiger partial charge on any atom is 0.136 e. The fourth-order valence-corrected chi connectivity index (χ4v) is 2.56. The van der Waals surface area contributed by atoms with E-state index in [1.807, 2.05) is 0 Å². The molecule has 2 fully saturated rings. The molecule has 0 aliphatic heterocycles. The first-order valence-corrected chi connectivity index (χ1v) is 6.22. The Morgan fingerprint density at radius 3 is 2.21 bits per heavy atom. The van der Waals surface area contributed by atoms with E-state index in [2.05, 4.69) is 6.92 Å². The van der Waals surface area contributed by atoms with Crippen LogP contribution in [0.1, 0.15) is 64.7 Å². The van der Waals surface area contributed by atoms with E-state index in [0.717, 1.165) is 6.42 Å². The maximum absolute atomic E-state index is 12.0. The quantitative estimate of drug-likeness (QED) is 0.626. The largest absolute Gasteiger partial charge is 0.299 e. The molecule has 0 aromatic rings. The van der Waals surface area contributed by atoms with E-state index >= 15 is 0 Å². The number of ketones is 1. The number of rotatable bonds is 3. The lowest BCUT2D eigenvalue weighted by atomic mass is 9.89. The fraction of sp³-hybridized carbons (Fsp3) is 0.923. The second-order valence-electron chi connectivity index (χ2n) is 5.64. The molecule has 1 nitrogen and oxygen atoms in total. The Bertz CT molecular complexity index is 207. The van der Waals surface area contributed by atoms with Crippen molar-refractivity contribution in [3.63, 3.8) is 0 Å². The van der Waals surface area contributed by atoms with E-state index in [9.17, 15) is 4.79 Å². The van der Waals surface area contributed by atoms with Gasteiger partial charge in [-0.25, -0.2) is 0 Å². The number of carbonyl (C=O) groups is 1. The van der Waals surface area contributed by atoms with Crippen molar-refractivity contribution >= 4 is 5.78 Å². The predicted octanol–water partition coefficient (Wildman–Crippen LogP) is 3.72. The molecular formula is C13H22O. The Morgan fingerprint density at radius 2 is 1.71 bits per heavy atom. The minimum absolute atomic E-state index is 0.420. The van der Waals surface area contributed by atoms with Gasteiger partial charge in [0.1, 0.15) is 5.78 Å². The lowest BCUT2D eigenvalue weighted by molar-refractivity contribution is -0.124. The molecule has 14 heavy (non-hydrogen) atoms. The highest BCUT2D eigenvalue weighted by Gasteiger charge is 2.40. The van der Waals surface area contributed by atoms with Crippen LogP contribution >= 0.6 is 0 Å². The molecule has 1 heteroatoms. The van der Waals surface area contributed by atoms with Gasteiger partial charge in [-0.1, -0.05) is 32.6 Å². The second-order valence-corrected chi connectivity index (χ2v) is 5.64. The molecule has 0 bridgehead atoms. The van der Waals surface area contributed by atoms with Gasteiger partial charge >= 0.3 is 0 Å². The Labute approximate surface area is 87.3 Å². The summed E-state index contributed by atoms with van der Waals surface area (Å²) in [6.07, 6.45) is 11.1. The fourth-order valence-electron chi connectivity index (χ4n) is 2.56. The minimum atomic E-state index is 0.420. The van der Waals surface area contributed by atoms with Crippen molar-refractivity contribution in [3.8, 4) is 0 Å². The summed E-state index contributed by atoms with van der Waals surface area (Å²) >= 11 is 0. The summed E-state index contributed by atoms with van der Waals surface area (Å²) in [5.41, 5.74) is 0.420. The van der Waals surface area contributed by atoms with Gasteiger partial charge in [-0.2, -0.15) is 0 Å². The standard InChI is InChI=1S/C13H22O/c1-13(8-9-13)10-12(14)11-6-4-2-3-5-7-11/h11H,2-10H2,1H3. The van der Waals surface area contributed by atoms with Gasteiger partial charge < -0.3 is 0 Å². The Balaban J connectivity index is 1.83.